The lowest BCUT2D eigenvalue weighted by molar-refractivity contribution is -0.123. The lowest BCUT2D eigenvalue weighted by Gasteiger charge is -2.22. The Morgan fingerprint density at radius 2 is 2.24 bits per heavy atom. The van der Waals surface area contributed by atoms with E-state index in [1.807, 2.05) is 0 Å². The molecule has 90 valence electrons. The number of hydrogen-bond donors (Lipinski definition) is 0. The zero-order chi connectivity index (χ0) is 12.3. The monoisotopic (exact) mass is 234 g/mol. The van der Waals surface area contributed by atoms with Gasteiger partial charge < -0.3 is 9.47 Å². The summed E-state index contributed by atoms with van der Waals surface area (Å²) in [4.78, 5) is 23.9. The van der Waals surface area contributed by atoms with Gasteiger partial charge in [0.25, 0.3) is 0 Å². The Morgan fingerprint density at radius 3 is 3.00 bits per heavy atom. The van der Waals surface area contributed by atoms with Crippen molar-refractivity contribution in [1.29, 1.82) is 0 Å². The molecule has 0 saturated heterocycles. The number of ketones is 2. The summed E-state index contributed by atoms with van der Waals surface area (Å²) < 4.78 is 10.3. The third-order valence-electron chi connectivity index (χ3n) is 2.82. The van der Waals surface area contributed by atoms with Crippen LogP contribution in [0.5, 0.6) is 5.75 Å². The fraction of sp³-hybridized carbons (Fsp3) is 0.385. The third-order valence-corrected chi connectivity index (χ3v) is 2.82. The zero-order valence-corrected chi connectivity index (χ0v) is 9.64. The van der Waals surface area contributed by atoms with Crippen LogP contribution in [0.3, 0.4) is 0 Å². The van der Waals surface area contributed by atoms with E-state index in [-0.39, 0.29) is 24.6 Å². The van der Waals surface area contributed by atoms with Crippen LogP contribution in [0.1, 0.15) is 16.8 Å². The molecule has 1 aromatic carbocycles. The Balaban J connectivity index is 2.14. The smallest absolute Gasteiger partial charge is 0.180 e. The molecule has 1 atom stereocenters. The summed E-state index contributed by atoms with van der Waals surface area (Å²) in [6.07, 6.45) is 0.248. The second-order valence-corrected chi connectivity index (χ2v) is 3.93. The summed E-state index contributed by atoms with van der Waals surface area (Å²) in [6, 6.07) is 7.00. The number of ether oxygens (including phenoxy) is 2. The Morgan fingerprint density at radius 1 is 1.47 bits per heavy atom. The first-order valence-electron chi connectivity index (χ1n) is 5.51. The number of para-hydroxylation sites is 1. The van der Waals surface area contributed by atoms with Gasteiger partial charge >= 0.3 is 0 Å². The standard InChI is InChI=1S/C13H14O4/c1-16-7-6-11(14)10-8-17-12-5-3-2-4-9(12)13(10)15/h2-5,10H,6-8H2,1H3. The fourth-order valence-corrected chi connectivity index (χ4v) is 1.85. The van der Waals surface area contributed by atoms with Crippen molar-refractivity contribution in [3.05, 3.63) is 29.8 Å². The van der Waals surface area contributed by atoms with Gasteiger partial charge in [-0.25, -0.2) is 0 Å². The fourth-order valence-electron chi connectivity index (χ4n) is 1.85. The van der Waals surface area contributed by atoms with Crippen LogP contribution in [-0.4, -0.2) is 31.9 Å². The van der Waals surface area contributed by atoms with E-state index in [4.69, 9.17) is 9.47 Å². The SMILES string of the molecule is COCCC(=O)C1COc2ccccc2C1=O. The second kappa shape index (κ2) is 5.10. The molecule has 4 heteroatoms. The van der Waals surface area contributed by atoms with Gasteiger partial charge in [0.05, 0.1) is 12.2 Å². The Kier molecular flexibility index (Phi) is 3.54. The molecule has 2 rings (SSSR count). The molecule has 0 aromatic heterocycles. The molecule has 0 bridgehead atoms. The topological polar surface area (TPSA) is 52.6 Å². The molecule has 0 N–H and O–H groups in total. The number of rotatable bonds is 4. The van der Waals surface area contributed by atoms with Crippen LogP contribution in [0.4, 0.5) is 0 Å². The second-order valence-electron chi connectivity index (χ2n) is 3.93. The number of Topliss-reactive ketones (excluding diaryl/α,β-unsaturated/α-hetero) is 2. The van der Waals surface area contributed by atoms with Gasteiger partial charge in [0.15, 0.2) is 5.78 Å². The van der Waals surface area contributed by atoms with E-state index in [9.17, 15) is 9.59 Å². The van der Waals surface area contributed by atoms with Gasteiger partial charge in [-0.05, 0) is 12.1 Å². The number of benzene rings is 1. The maximum atomic E-state index is 12.1. The first-order valence-corrected chi connectivity index (χ1v) is 5.51. The number of fused-ring (bicyclic) bond motifs is 1. The van der Waals surface area contributed by atoms with E-state index in [2.05, 4.69) is 0 Å². The van der Waals surface area contributed by atoms with Gasteiger partial charge in [-0.15, -0.1) is 0 Å². The van der Waals surface area contributed by atoms with Gasteiger partial charge in [0.1, 0.15) is 24.1 Å². The quantitative estimate of drug-likeness (QED) is 0.740. The van der Waals surface area contributed by atoms with E-state index in [1.54, 1.807) is 24.3 Å². The molecule has 0 amide bonds. The summed E-state index contributed by atoms with van der Waals surface area (Å²) in [5.41, 5.74) is 0.495. The van der Waals surface area contributed by atoms with Gasteiger partial charge in [-0.1, -0.05) is 12.1 Å². The van der Waals surface area contributed by atoms with Crippen LogP contribution in [-0.2, 0) is 9.53 Å². The summed E-state index contributed by atoms with van der Waals surface area (Å²) >= 11 is 0. The lowest BCUT2D eigenvalue weighted by Crippen LogP contribution is -2.34. The molecule has 0 saturated carbocycles. The van der Waals surface area contributed by atoms with E-state index in [0.29, 0.717) is 17.9 Å². The minimum atomic E-state index is -0.681. The molecular weight excluding hydrogens is 220 g/mol. The van der Waals surface area contributed by atoms with Crippen LogP contribution in [0.15, 0.2) is 24.3 Å². The largest absolute Gasteiger partial charge is 0.492 e. The molecule has 0 radical (unpaired) electrons. The molecular formula is C13H14O4. The van der Waals surface area contributed by atoms with Crippen molar-refractivity contribution < 1.29 is 19.1 Å². The average Bonchev–Trinajstić information content (AvgIpc) is 2.37. The van der Waals surface area contributed by atoms with E-state index < -0.39 is 5.92 Å². The first kappa shape index (κ1) is 11.8. The summed E-state index contributed by atoms with van der Waals surface area (Å²) in [5.74, 6) is -0.382. The third kappa shape index (κ3) is 2.36. The van der Waals surface area contributed by atoms with Gasteiger partial charge in [0, 0.05) is 13.5 Å². The highest BCUT2D eigenvalue weighted by Gasteiger charge is 2.33. The Hall–Kier alpha value is -1.68. The number of methoxy groups -OCH3 is 1. The maximum Gasteiger partial charge on any atom is 0.180 e. The summed E-state index contributed by atoms with van der Waals surface area (Å²) in [5, 5.41) is 0. The normalized spacial score (nSPS) is 18.4. The predicted octanol–water partition coefficient (Wildman–Crippen LogP) is 1.48. The molecule has 17 heavy (non-hydrogen) atoms. The molecule has 1 heterocycles. The van der Waals surface area contributed by atoms with E-state index in [0.717, 1.165) is 0 Å². The van der Waals surface area contributed by atoms with Crippen molar-refractivity contribution in [1.82, 2.24) is 0 Å². The Labute approximate surface area is 99.5 Å². The molecule has 0 spiro atoms. The molecule has 4 nitrogen and oxygen atoms in total. The minimum Gasteiger partial charge on any atom is -0.492 e. The van der Waals surface area contributed by atoms with Gasteiger partial charge in [-0.2, -0.15) is 0 Å². The van der Waals surface area contributed by atoms with Crippen LogP contribution in [0.2, 0.25) is 0 Å². The molecule has 0 aliphatic carbocycles. The van der Waals surface area contributed by atoms with Crippen molar-refractivity contribution in [2.24, 2.45) is 5.92 Å². The highest BCUT2D eigenvalue weighted by atomic mass is 16.5. The Bertz CT molecular complexity index is 439. The van der Waals surface area contributed by atoms with Gasteiger partial charge in [0.2, 0.25) is 0 Å². The van der Waals surface area contributed by atoms with Crippen LogP contribution < -0.4 is 4.74 Å². The number of hydrogen-bond acceptors (Lipinski definition) is 4. The van der Waals surface area contributed by atoms with Crippen molar-refractivity contribution in [2.75, 3.05) is 20.3 Å². The van der Waals surface area contributed by atoms with Crippen LogP contribution in [0, 0.1) is 5.92 Å². The predicted molar refractivity (Wildman–Crippen MR) is 61.3 cm³/mol. The number of carbonyl (C=O) groups excluding carboxylic acids is 2. The zero-order valence-electron chi connectivity index (χ0n) is 9.64. The molecule has 1 aliphatic heterocycles. The summed E-state index contributed by atoms with van der Waals surface area (Å²) in [7, 11) is 1.53. The molecule has 0 fully saturated rings. The minimum absolute atomic E-state index is 0.119. The maximum absolute atomic E-state index is 12.1. The summed E-state index contributed by atoms with van der Waals surface area (Å²) in [6.45, 7) is 0.475. The highest BCUT2D eigenvalue weighted by molar-refractivity contribution is 6.12. The van der Waals surface area contributed by atoms with Crippen molar-refractivity contribution in [2.45, 2.75) is 6.42 Å². The van der Waals surface area contributed by atoms with E-state index in [1.165, 1.54) is 7.11 Å². The lowest BCUT2D eigenvalue weighted by atomic mass is 9.90. The van der Waals surface area contributed by atoms with Gasteiger partial charge in [-0.3, -0.25) is 9.59 Å². The van der Waals surface area contributed by atoms with Crippen molar-refractivity contribution in [3.63, 3.8) is 0 Å². The van der Waals surface area contributed by atoms with Crippen LogP contribution >= 0.6 is 0 Å². The van der Waals surface area contributed by atoms with Crippen molar-refractivity contribution >= 4 is 11.6 Å². The average molecular weight is 234 g/mol. The molecule has 1 aromatic rings. The molecule has 1 unspecified atom stereocenters. The van der Waals surface area contributed by atoms with Crippen LogP contribution in [0.25, 0.3) is 0 Å². The first-order chi connectivity index (χ1) is 8.24. The number of carbonyl (C=O) groups is 2. The highest BCUT2D eigenvalue weighted by Crippen LogP contribution is 2.27. The molecule has 1 aliphatic rings. The van der Waals surface area contributed by atoms with Crippen molar-refractivity contribution in [3.8, 4) is 5.75 Å². The van der Waals surface area contributed by atoms with E-state index >= 15 is 0 Å².